The van der Waals surface area contributed by atoms with E-state index < -0.39 is 0 Å². The molecular weight excluding hydrogens is 422 g/mol. The highest BCUT2D eigenvalue weighted by Gasteiger charge is 2.14. The highest BCUT2D eigenvalue weighted by atomic mass is 35.5. The minimum atomic E-state index is -0.283. The molecule has 4 aromatic rings. The lowest BCUT2D eigenvalue weighted by atomic mass is 10.2. The number of carbonyl (C=O) groups excluding carboxylic acids is 1. The fraction of sp³-hybridized carbons (Fsp3) is 0.143. The fourth-order valence-electron chi connectivity index (χ4n) is 2.96. The Balaban J connectivity index is 1.43. The predicted octanol–water partition coefficient (Wildman–Crippen LogP) is 3.56. The highest BCUT2D eigenvalue weighted by molar-refractivity contribution is 7.99. The minimum absolute atomic E-state index is 0.0699. The van der Waals surface area contributed by atoms with Crippen molar-refractivity contribution < 1.29 is 4.79 Å². The number of carbonyl (C=O) groups is 1. The summed E-state index contributed by atoms with van der Waals surface area (Å²) in [6, 6.07) is 17.0. The van der Waals surface area contributed by atoms with Crippen molar-refractivity contribution in [1.29, 1.82) is 0 Å². The van der Waals surface area contributed by atoms with Crippen LogP contribution in [0.15, 0.2) is 70.7 Å². The topological polar surface area (TPSA) is 81.8 Å². The van der Waals surface area contributed by atoms with Crippen molar-refractivity contribution in [2.24, 2.45) is 7.05 Å². The zero-order valence-corrected chi connectivity index (χ0v) is 17.7. The molecule has 7 nitrogen and oxygen atoms in total. The monoisotopic (exact) mass is 439 g/mol. The maximum Gasteiger partial charge on any atom is 0.261 e. The molecule has 0 unspecified atom stereocenters. The second-order valence-electron chi connectivity index (χ2n) is 6.62. The van der Waals surface area contributed by atoms with Crippen LogP contribution in [-0.2, 0) is 18.4 Å². The van der Waals surface area contributed by atoms with Crippen molar-refractivity contribution in [3.05, 3.63) is 81.7 Å². The third-order valence-corrected chi connectivity index (χ3v) is 5.74. The van der Waals surface area contributed by atoms with Crippen LogP contribution in [0.2, 0.25) is 5.02 Å². The van der Waals surface area contributed by atoms with Gasteiger partial charge in [-0.2, -0.15) is 5.10 Å². The summed E-state index contributed by atoms with van der Waals surface area (Å²) in [5, 5.41) is 8.44. The van der Waals surface area contributed by atoms with Gasteiger partial charge in [-0.1, -0.05) is 65.8 Å². The first-order valence-electron chi connectivity index (χ1n) is 9.16. The van der Waals surface area contributed by atoms with Crippen LogP contribution < -0.4 is 10.9 Å². The van der Waals surface area contributed by atoms with Crippen molar-refractivity contribution in [1.82, 2.24) is 19.3 Å². The number of anilines is 1. The molecular formula is C21H18ClN5O2S. The molecule has 4 rings (SSSR count). The number of fused-ring (bicyclic) bond motifs is 1. The molecule has 152 valence electrons. The van der Waals surface area contributed by atoms with Crippen LogP contribution in [-0.4, -0.2) is 31.0 Å². The molecule has 0 atom stereocenters. The van der Waals surface area contributed by atoms with Gasteiger partial charge < -0.3 is 5.32 Å². The highest BCUT2D eigenvalue weighted by Crippen LogP contribution is 2.21. The summed E-state index contributed by atoms with van der Waals surface area (Å²) in [7, 11) is 1.64. The van der Waals surface area contributed by atoms with Crippen LogP contribution in [0.1, 0.15) is 5.56 Å². The SMILES string of the molecule is Cn1c(SCC(=O)Nc2nn(Cc3ccccc3)cc2Cl)nc2ccccc2c1=O. The quantitative estimate of drug-likeness (QED) is 0.367. The van der Waals surface area contributed by atoms with Crippen molar-refractivity contribution in [3.8, 4) is 0 Å². The molecule has 30 heavy (non-hydrogen) atoms. The molecule has 0 fully saturated rings. The maximum absolute atomic E-state index is 12.5. The zero-order chi connectivity index (χ0) is 21.1. The first-order chi connectivity index (χ1) is 14.5. The van der Waals surface area contributed by atoms with Gasteiger partial charge in [0.15, 0.2) is 11.0 Å². The van der Waals surface area contributed by atoms with E-state index in [1.807, 2.05) is 36.4 Å². The van der Waals surface area contributed by atoms with Crippen molar-refractivity contribution in [2.75, 3.05) is 11.1 Å². The van der Waals surface area contributed by atoms with Gasteiger partial charge in [0.1, 0.15) is 5.02 Å². The number of thioether (sulfide) groups is 1. The van der Waals surface area contributed by atoms with Gasteiger partial charge in [0.25, 0.3) is 5.56 Å². The van der Waals surface area contributed by atoms with E-state index in [0.29, 0.717) is 33.4 Å². The Morgan fingerprint density at radius 1 is 1.13 bits per heavy atom. The number of halogens is 1. The van der Waals surface area contributed by atoms with Crippen LogP contribution in [0.25, 0.3) is 10.9 Å². The molecule has 0 saturated heterocycles. The Morgan fingerprint density at radius 2 is 1.87 bits per heavy atom. The van der Waals surface area contributed by atoms with E-state index in [2.05, 4.69) is 15.4 Å². The van der Waals surface area contributed by atoms with Crippen LogP contribution in [0.4, 0.5) is 5.82 Å². The summed E-state index contributed by atoms with van der Waals surface area (Å²) in [5.41, 5.74) is 1.53. The third-order valence-electron chi connectivity index (χ3n) is 4.44. The first kappa shape index (κ1) is 20.2. The molecule has 2 aromatic heterocycles. The van der Waals surface area contributed by atoms with Crippen LogP contribution in [0.5, 0.6) is 0 Å². The normalized spacial score (nSPS) is 11.0. The largest absolute Gasteiger partial charge is 0.307 e. The number of benzene rings is 2. The molecule has 0 radical (unpaired) electrons. The lowest BCUT2D eigenvalue weighted by Gasteiger charge is -2.08. The van der Waals surface area contributed by atoms with Gasteiger partial charge in [-0.3, -0.25) is 18.8 Å². The Bertz CT molecular complexity index is 1270. The van der Waals surface area contributed by atoms with Gasteiger partial charge in [0.05, 0.1) is 23.2 Å². The van der Waals surface area contributed by atoms with Gasteiger partial charge >= 0.3 is 0 Å². The summed E-state index contributed by atoms with van der Waals surface area (Å²) >= 11 is 7.40. The molecule has 0 bridgehead atoms. The third kappa shape index (κ3) is 4.39. The summed E-state index contributed by atoms with van der Waals surface area (Å²) in [4.78, 5) is 29.4. The summed E-state index contributed by atoms with van der Waals surface area (Å²) < 4.78 is 3.12. The van der Waals surface area contributed by atoms with E-state index in [1.54, 1.807) is 36.1 Å². The number of nitrogens with one attached hydrogen (secondary N) is 1. The number of amides is 1. The van der Waals surface area contributed by atoms with Crippen LogP contribution in [0, 0.1) is 0 Å². The molecule has 0 spiro atoms. The van der Waals surface area contributed by atoms with Gasteiger partial charge in [-0.15, -0.1) is 0 Å². The number of aromatic nitrogens is 4. The average molecular weight is 440 g/mol. The Morgan fingerprint density at radius 3 is 2.67 bits per heavy atom. The van der Waals surface area contributed by atoms with Gasteiger partial charge in [0.2, 0.25) is 5.91 Å². The summed E-state index contributed by atoms with van der Waals surface area (Å²) in [6.45, 7) is 0.550. The zero-order valence-electron chi connectivity index (χ0n) is 16.1. The van der Waals surface area contributed by atoms with Crippen LogP contribution in [0.3, 0.4) is 0 Å². The Hall–Kier alpha value is -3.10. The van der Waals surface area contributed by atoms with E-state index in [4.69, 9.17) is 11.6 Å². The van der Waals surface area contributed by atoms with Gasteiger partial charge in [-0.25, -0.2) is 4.98 Å². The minimum Gasteiger partial charge on any atom is -0.307 e. The molecule has 0 saturated carbocycles. The lowest BCUT2D eigenvalue weighted by molar-refractivity contribution is -0.113. The molecule has 0 aliphatic carbocycles. The molecule has 2 heterocycles. The number of hydrogen-bond donors (Lipinski definition) is 1. The first-order valence-corrected chi connectivity index (χ1v) is 10.5. The number of rotatable bonds is 6. The number of para-hydroxylation sites is 1. The smallest absolute Gasteiger partial charge is 0.261 e. The molecule has 1 N–H and O–H groups in total. The van der Waals surface area contributed by atoms with Crippen LogP contribution >= 0.6 is 23.4 Å². The second kappa shape index (κ2) is 8.73. The predicted molar refractivity (Wildman–Crippen MR) is 119 cm³/mol. The van der Waals surface area contributed by atoms with E-state index in [1.165, 1.54) is 16.3 Å². The molecule has 0 aliphatic heterocycles. The number of nitrogens with zero attached hydrogens (tertiary/aromatic N) is 4. The van der Waals surface area contributed by atoms with Gasteiger partial charge in [0, 0.05) is 13.2 Å². The van der Waals surface area contributed by atoms with E-state index in [9.17, 15) is 9.59 Å². The molecule has 0 aliphatic rings. The standard InChI is InChI=1S/C21H18ClN5O2S/c1-26-20(29)15-9-5-6-10-17(15)23-21(26)30-13-18(28)24-19-16(22)12-27(25-19)11-14-7-3-2-4-8-14/h2-10,12H,11,13H2,1H3,(H,24,25,28). The summed E-state index contributed by atoms with van der Waals surface area (Å²) in [6.07, 6.45) is 1.67. The molecule has 2 aromatic carbocycles. The summed E-state index contributed by atoms with van der Waals surface area (Å²) in [5.74, 6) is 0.0911. The maximum atomic E-state index is 12.5. The van der Waals surface area contributed by atoms with E-state index in [0.717, 1.165) is 5.56 Å². The average Bonchev–Trinajstić information content (AvgIpc) is 3.09. The molecule has 1 amide bonds. The van der Waals surface area contributed by atoms with Crippen molar-refractivity contribution in [3.63, 3.8) is 0 Å². The van der Waals surface area contributed by atoms with Crippen molar-refractivity contribution >= 4 is 46.0 Å². The molecule has 9 heteroatoms. The van der Waals surface area contributed by atoms with E-state index in [-0.39, 0.29) is 17.2 Å². The lowest BCUT2D eigenvalue weighted by Crippen LogP contribution is -2.21. The fourth-order valence-corrected chi connectivity index (χ4v) is 3.93. The number of hydrogen-bond acceptors (Lipinski definition) is 5. The second-order valence-corrected chi connectivity index (χ2v) is 7.97. The Kier molecular flexibility index (Phi) is 5.87. The van der Waals surface area contributed by atoms with E-state index >= 15 is 0 Å². The van der Waals surface area contributed by atoms with Gasteiger partial charge in [-0.05, 0) is 17.7 Å². The van der Waals surface area contributed by atoms with Crippen molar-refractivity contribution in [2.45, 2.75) is 11.7 Å². The Labute approximate surface area is 181 Å².